The highest BCUT2D eigenvalue weighted by molar-refractivity contribution is 5.87. The first kappa shape index (κ1) is 39.4. The summed E-state index contributed by atoms with van der Waals surface area (Å²) in [5.74, 6) is -0.522. The number of hydrogen-bond acceptors (Lipinski definition) is 11. The molecular formula is C33H58N8O9. The number of carbonyl (C=O) groups excluding carboxylic acids is 5. The summed E-state index contributed by atoms with van der Waals surface area (Å²) in [5.41, 5.74) is 1.02. The molecule has 17 nitrogen and oxygen atoms in total. The fraction of sp³-hybridized carbons (Fsp3) is 0.848. The highest BCUT2D eigenvalue weighted by Crippen LogP contribution is 2.24. The van der Waals surface area contributed by atoms with Gasteiger partial charge in [0.05, 0.1) is 12.1 Å². The first-order chi connectivity index (χ1) is 23.4. The average molecular weight is 711 g/mol. The smallest absolute Gasteiger partial charge is 0.410 e. The predicted octanol–water partition coefficient (Wildman–Crippen LogP) is 1.76. The SMILES string of the molecule is CC(C)(C)OC(=O)N1CCC(NC(=O)[C@@H]2CC[C@@H](N(O)C(=O)N3C[C@H](NO)CC[C@H]3C(=O)NC3CCN(C(=O)OC(C)(C)C)CC3)CN2)CC1. The van der Waals surface area contributed by atoms with Crippen LogP contribution < -0.4 is 21.4 Å². The summed E-state index contributed by atoms with van der Waals surface area (Å²) in [5, 5.41) is 30.5. The molecule has 284 valence electrons. The molecule has 4 rings (SSSR count). The van der Waals surface area contributed by atoms with Crippen molar-refractivity contribution in [2.45, 2.75) is 140 Å². The fourth-order valence-corrected chi connectivity index (χ4v) is 6.79. The molecule has 4 fully saturated rings. The summed E-state index contributed by atoms with van der Waals surface area (Å²) in [6, 6.07) is -3.49. The van der Waals surface area contributed by atoms with E-state index in [0.29, 0.717) is 76.2 Å². The van der Waals surface area contributed by atoms with Gasteiger partial charge in [0, 0.05) is 57.4 Å². The summed E-state index contributed by atoms with van der Waals surface area (Å²) >= 11 is 0. The van der Waals surface area contributed by atoms with Crippen molar-refractivity contribution >= 4 is 30.0 Å². The maximum atomic E-state index is 13.6. The largest absolute Gasteiger partial charge is 0.444 e. The lowest BCUT2D eigenvalue weighted by Crippen LogP contribution is -2.63. The summed E-state index contributed by atoms with van der Waals surface area (Å²) in [6.07, 6.45) is 3.00. The third-order valence-electron chi connectivity index (χ3n) is 9.55. The molecule has 0 spiro atoms. The minimum Gasteiger partial charge on any atom is -0.444 e. The Morgan fingerprint density at radius 1 is 0.700 bits per heavy atom. The lowest BCUT2D eigenvalue weighted by molar-refractivity contribution is -0.134. The predicted molar refractivity (Wildman–Crippen MR) is 180 cm³/mol. The molecule has 6 amide bonds. The van der Waals surface area contributed by atoms with E-state index in [2.05, 4.69) is 21.4 Å². The van der Waals surface area contributed by atoms with E-state index in [1.807, 2.05) is 41.5 Å². The van der Waals surface area contributed by atoms with Crippen LogP contribution in [-0.2, 0) is 19.1 Å². The van der Waals surface area contributed by atoms with Gasteiger partial charge in [-0.25, -0.2) is 24.9 Å². The Kier molecular flexibility index (Phi) is 13.2. The lowest BCUT2D eigenvalue weighted by atomic mass is 9.96. The number of carbonyl (C=O) groups is 5. The third-order valence-corrected chi connectivity index (χ3v) is 9.55. The average Bonchev–Trinajstić information content (AvgIpc) is 3.06. The van der Waals surface area contributed by atoms with E-state index in [4.69, 9.17) is 9.47 Å². The van der Waals surface area contributed by atoms with Crippen molar-refractivity contribution in [3.8, 4) is 0 Å². The number of rotatable bonds is 6. The molecular weight excluding hydrogens is 652 g/mol. The van der Waals surface area contributed by atoms with Crippen molar-refractivity contribution in [3.05, 3.63) is 0 Å². The van der Waals surface area contributed by atoms with Crippen molar-refractivity contribution in [2.24, 2.45) is 0 Å². The molecule has 4 heterocycles. The molecule has 4 aliphatic heterocycles. The van der Waals surface area contributed by atoms with Crippen LogP contribution in [0.15, 0.2) is 0 Å². The molecule has 0 radical (unpaired) electrons. The van der Waals surface area contributed by atoms with Gasteiger partial charge in [0.25, 0.3) is 0 Å². The zero-order valence-corrected chi connectivity index (χ0v) is 30.4. The van der Waals surface area contributed by atoms with Gasteiger partial charge >= 0.3 is 18.2 Å². The number of urea groups is 1. The lowest BCUT2D eigenvalue weighted by Gasteiger charge is -2.42. The maximum Gasteiger partial charge on any atom is 0.410 e. The van der Waals surface area contributed by atoms with Crippen molar-refractivity contribution in [1.82, 2.24) is 41.2 Å². The molecule has 6 N–H and O–H groups in total. The fourth-order valence-electron chi connectivity index (χ4n) is 6.79. The minimum absolute atomic E-state index is 0.0134. The summed E-state index contributed by atoms with van der Waals surface area (Å²) < 4.78 is 10.9. The molecule has 17 heteroatoms. The van der Waals surface area contributed by atoms with Gasteiger partial charge in [0.1, 0.15) is 17.2 Å². The van der Waals surface area contributed by atoms with Crippen molar-refractivity contribution in [1.29, 1.82) is 0 Å². The number of nitrogens with zero attached hydrogens (tertiary/aromatic N) is 4. The molecule has 0 aliphatic carbocycles. The number of piperidine rings is 4. The van der Waals surface area contributed by atoms with Crippen molar-refractivity contribution < 1.29 is 43.9 Å². The molecule has 4 atom stereocenters. The molecule has 50 heavy (non-hydrogen) atoms. The molecule has 0 saturated carbocycles. The molecule has 4 saturated heterocycles. The zero-order valence-electron chi connectivity index (χ0n) is 30.4. The van der Waals surface area contributed by atoms with Gasteiger partial charge in [0.2, 0.25) is 11.8 Å². The highest BCUT2D eigenvalue weighted by Gasteiger charge is 2.41. The Hall–Kier alpha value is -3.41. The third kappa shape index (κ3) is 11.0. The standard InChI is InChI=1S/C33H58N8O9/c1-32(2,3)49-30(45)38-15-11-21(12-16-38)35-27(42)25-9-8-24(19-34-25)41(48)29(44)40-20-23(37-47)7-10-26(40)28(43)36-22-13-17-39(18-14-22)31(46)50-33(4,5)6/h21-26,34,37,47-48H,7-20H2,1-6H3,(H,35,42)(H,36,43)/t23-,24-,25+,26+/m1/s1. The first-order valence-electron chi connectivity index (χ1n) is 17.9. The van der Waals surface area contributed by atoms with E-state index < -0.39 is 47.5 Å². The van der Waals surface area contributed by atoms with Crippen LogP contribution in [0.4, 0.5) is 14.4 Å². The zero-order chi connectivity index (χ0) is 36.8. The van der Waals surface area contributed by atoms with Crippen LogP contribution in [-0.4, -0.2) is 147 Å². The second kappa shape index (κ2) is 16.7. The van der Waals surface area contributed by atoms with Gasteiger partial charge in [-0.05, 0) is 92.9 Å². The number of hydrogen-bond donors (Lipinski definition) is 6. The van der Waals surface area contributed by atoms with Crippen molar-refractivity contribution in [2.75, 3.05) is 39.3 Å². The molecule has 0 aromatic carbocycles. The van der Waals surface area contributed by atoms with E-state index >= 15 is 0 Å². The first-order valence-corrected chi connectivity index (χ1v) is 17.9. The number of ether oxygens (including phenoxy) is 2. The normalized spacial score (nSPS) is 25.8. The van der Waals surface area contributed by atoms with Gasteiger partial charge < -0.3 is 45.3 Å². The van der Waals surface area contributed by atoms with E-state index in [0.717, 1.165) is 0 Å². The van der Waals surface area contributed by atoms with E-state index in [1.165, 1.54) is 4.90 Å². The van der Waals surface area contributed by atoms with Crippen LogP contribution in [0.3, 0.4) is 0 Å². The number of likely N-dealkylation sites (tertiary alicyclic amines) is 3. The molecule has 0 aromatic heterocycles. The van der Waals surface area contributed by atoms with Crippen LogP contribution in [0.25, 0.3) is 0 Å². The molecule has 0 bridgehead atoms. The number of amides is 6. The number of nitrogens with one attached hydrogen (secondary N) is 4. The maximum absolute atomic E-state index is 13.6. The van der Waals surface area contributed by atoms with Gasteiger partial charge in [0.15, 0.2) is 0 Å². The Morgan fingerprint density at radius 2 is 1.20 bits per heavy atom. The highest BCUT2D eigenvalue weighted by atomic mass is 16.6. The van der Waals surface area contributed by atoms with Crippen molar-refractivity contribution in [3.63, 3.8) is 0 Å². The summed E-state index contributed by atoms with van der Waals surface area (Å²) in [7, 11) is 0. The Balaban J connectivity index is 1.24. The molecule has 0 unspecified atom stereocenters. The van der Waals surface area contributed by atoms with Crippen LogP contribution in [0.2, 0.25) is 0 Å². The minimum atomic E-state index is -0.859. The van der Waals surface area contributed by atoms with E-state index in [9.17, 15) is 34.4 Å². The van der Waals surface area contributed by atoms with Crippen LogP contribution in [0, 0.1) is 0 Å². The quantitative estimate of drug-likeness (QED) is 0.173. The van der Waals surface area contributed by atoms with Crippen LogP contribution >= 0.6 is 0 Å². The topological polar surface area (TPSA) is 205 Å². The van der Waals surface area contributed by atoms with Crippen LogP contribution in [0.5, 0.6) is 0 Å². The van der Waals surface area contributed by atoms with Gasteiger partial charge in [-0.3, -0.25) is 14.8 Å². The van der Waals surface area contributed by atoms with Crippen LogP contribution in [0.1, 0.15) is 92.9 Å². The molecule has 0 aromatic rings. The second-order valence-electron chi connectivity index (χ2n) is 15.9. The Labute approximate surface area is 294 Å². The van der Waals surface area contributed by atoms with E-state index in [-0.39, 0.29) is 49.5 Å². The summed E-state index contributed by atoms with van der Waals surface area (Å²) in [6.45, 7) is 12.9. The molecule has 4 aliphatic rings. The summed E-state index contributed by atoms with van der Waals surface area (Å²) in [4.78, 5) is 69.5. The van der Waals surface area contributed by atoms with Gasteiger partial charge in [-0.2, -0.15) is 0 Å². The second-order valence-corrected chi connectivity index (χ2v) is 15.9. The number of hydroxylamine groups is 3. The van der Waals surface area contributed by atoms with Gasteiger partial charge in [-0.15, -0.1) is 0 Å². The van der Waals surface area contributed by atoms with E-state index in [1.54, 1.807) is 9.80 Å². The monoisotopic (exact) mass is 710 g/mol. The Morgan fingerprint density at radius 3 is 1.64 bits per heavy atom. The Bertz CT molecular complexity index is 1200. The van der Waals surface area contributed by atoms with Gasteiger partial charge in [-0.1, -0.05) is 0 Å².